The van der Waals surface area contributed by atoms with Crippen LogP contribution in [-0.4, -0.2) is 28.8 Å². The van der Waals surface area contributed by atoms with Gasteiger partial charge in [0.15, 0.2) is 0 Å². The molecule has 3 aromatic rings. The molecule has 1 amide bonds. The van der Waals surface area contributed by atoms with E-state index in [2.05, 4.69) is 10.4 Å². The van der Waals surface area contributed by atoms with Crippen molar-refractivity contribution >= 4 is 5.91 Å². The van der Waals surface area contributed by atoms with Gasteiger partial charge in [-0.25, -0.2) is 4.68 Å². The molecule has 25 heavy (non-hydrogen) atoms. The van der Waals surface area contributed by atoms with Crippen molar-refractivity contribution in [3.8, 4) is 11.4 Å². The highest BCUT2D eigenvalue weighted by Gasteiger charge is 2.06. The second-order valence-corrected chi connectivity index (χ2v) is 5.82. The first-order chi connectivity index (χ1) is 12.2. The van der Waals surface area contributed by atoms with Crippen molar-refractivity contribution < 1.29 is 9.53 Å². The second kappa shape index (κ2) is 8.15. The van der Waals surface area contributed by atoms with Crippen molar-refractivity contribution in [2.24, 2.45) is 0 Å². The zero-order chi connectivity index (χ0) is 17.5. The number of carbonyl (C=O) groups is 1. The molecule has 0 unspecified atom stereocenters. The fraction of sp³-hybridized carbons (Fsp3) is 0.200. The van der Waals surface area contributed by atoms with Crippen LogP contribution in [-0.2, 0) is 11.2 Å². The topological polar surface area (TPSA) is 56.1 Å². The van der Waals surface area contributed by atoms with Gasteiger partial charge < -0.3 is 10.1 Å². The minimum atomic E-state index is -0.0416. The zero-order valence-electron chi connectivity index (χ0n) is 14.2. The number of carbonyl (C=O) groups excluding carboxylic acids is 1. The lowest BCUT2D eigenvalue weighted by Crippen LogP contribution is -2.29. The molecule has 1 aromatic heterocycles. The number of nitrogens with one attached hydrogen (secondary N) is 1. The van der Waals surface area contributed by atoms with E-state index in [0.29, 0.717) is 19.6 Å². The highest BCUT2D eigenvalue weighted by molar-refractivity contribution is 5.78. The summed E-state index contributed by atoms with van der Waals surface area (Å²) in [5.41, 5.74) is 3.04. The van der Waals surface area contributed by atoms with Gasteiger partial charge in [0.2, 0.25) is 5.91 Å². The van der Waals surface area contributed by atoms with Gasteiger partial charge in [-0.1, -0.05) is 35.9 Å². The van der Waals surface area contributed by atoms with Gasteiger partial charge >= 0.3 is 0 Å². The van der Waals surface area contributed by atoms with E-state index in [1.807, 2.05) is 67.7 Å². The molecule has 0 spiro atoms. The van der Waals surface area contributed by atoms with E-state index < -0.39 is 0 Å². The van der Waals surface area contributed by atoms with E-state index in [0.717, 1.165) is 17.0 Å². The number of ether oxygens (including phenoxy) is 1. The number of hydrogen-bond acceptors (Lipinski definition) is 3. The molecular weight excluding hydrogens is 314 g/mol. The lowest BCUT2D eigenvalue weighted by atomic mass is 10.2. The first kappa shape index (κ1) is 16.8. The summed E-state index contributed by atoms with van der Waals surface area (Å²) >= 11 is 0. The van der Waals surface area contributed by atoms with Gasteiger partial charge in [-0.05, 0) is 36.8 Å². The Morgan fingerprint density at radius 1 is 1.12 bits per heavy atom. The third kappa shape index (κ3) is 4.94. The first-order valence-electron chi connectivity index (χ1n) is 8.26. The van der Waals surface area contributed by atoms with Crippen LogP contribution in [0.2, 0.25) is 0 Å². The number of aromatic nitrogens is 2. The average Bonchev–Trinajstić information content (AvgIpc) is 3.09. The average molecular weight is 335 g/mol. The van der Waals surface area contributed by atoms with Crippen LogP contribution in [0.1, 0.15) is 11.1 Å². The quantitative estimate of drug-likeness (QED) is 0.676. The Kier molecular flexibility index (Phi) is 5.46. The smallest absolute Gasteiger partial charge is 0.224 e. The van der Waals surface area contributed by atoms with Crippen molar-refractivity contribution in [1.29, 1.82) is 0 Å². The van der Waals surface area contributed by atoms with Crippen LogP contribution in [0, 0.1) is 6.92 Å². The molecule has 0 saturated heterocycles. The number of benzene rings is 2. The molecule has 0 radical (unpaired) electrons. The molecule has 128 valence electrons. The van der Waals surface area contributed by atoms with Crippen LogP contribution < -0.4 is 10.1 Å². The van der Waals surface area contributed by atoms with Gasteiger partial charge in [0, 0.05) is 6.20 Å². The van der Waals surface area contributed by atoms with Crippen molar-refractivity contribution in [2.45, 2.75) is 13.3 Å². The first-order valence-corrected chi connectivity index (χ1v) is 8.26. The molecule has 3 rings (SSSR count). The van der Waals surface area contributed by atoms with E-state index in [1.165, 1.54) is 5.56 Å². The number of aryl methyl sites for hydroxylation is 1. The van der Waals surface area contributed by atoms with E-state index in [9.17, 15) is 4.79 Å². The summed E-state index contributed by atoms with van der Waals surface area (Å²) in [6.07, 6.45) is 3.89. The van der Waals surface area contributed by atoms with Gasteiger partial charge in [0.1, 0.15) is 12.4 Å². The molecule has 2 aromatic carbocycles. The Morgan fingerprint density at radius 2 is 1.88 bits per heavy atom. The van der Waals surface area contributed by atoms with E-state index >= 15 is 0 Å². The summed E-state index contributed by atoms with van der Waals surface area (Å²) in [5.74, 6) is 0.768. The number of amides is 1. The summed E-state index contributed by atoms with van der Waals surface area (Å²) < 4.78 is 7.36. The van der Waals surface area contributed by atoms with Crippen molar-refractivity contribution in [2.75, 3.05) is 13.2 Å². The maximum atomic E-state index is 12.0. The van der Waals surface area contributed by atoms with Crippen LogP contribution in [0.25, 0.3) is 5.69 Å². The number of nitrogens with zero attached hydrogens (tertiary/aromatic N) is 2. The summed E-state index contributed by atoms with van der Waals surface area (Å²) in [5, 5.41) is 7.16. The predicted octanol–water partition coefficient (Wildman–Crippen LogP) is 2.92. The van der Waals surface area contributed by atoms with E-state index in [-0.39, 0.29) is 5.91 Å². The highest BCUT2D eigenvalue weighted by atomic mass is 16.5. The van der Waals surface area contributed by atoms with Gasteiger partial charge in [0.25, 0.3) is 0 Å². The van der Waals surface area contributed by atoms with Crippen molar-refractivity contribution in [1.82, 2.24) is 15.1 Å². The Morgan fingerprint density at radius 3 is 2.64 bits per heavy atom. The van der Waals surface area contributed by atoms with Crippen molar-refractivity contribution in [3.05, 3.63) is 78.1 Å². The number of rotatable bonds is 7. The SMILES string of the molecule is Cc1ccc(OCCNC(=O)Cc2cnn(-c3ccccc3)c2)cc1. The second-order valence-electron chi connectivity index (χ2n) is 5.82. The molecule has 0 aliphatic carbocycles. The molecule has 1 N–H and O–H groups in total. The third-order valence-corrected chi connectivity index (χ3v) is 3.74. The summed E-state index contributed by atoms with van der Waals surface area (Å²) in [7, 11) is 0. The minimum absolute atomic E-state index is 0.0416. The molecule has 0 atom stereocenters. The minimum Gasteiger partial charge on any atom is -0.492 e. The number of para-hydroxylation sites is 1. The fourth-order valence-electron chi connectivity index (χ4n) is 2.42. The Bertz CT molecular complexity index is 810. The monoisotopic (exact) mass is 335 g/mol. The summed E-state index contributed by atoms with van der Waals surface area (Å²) in [6, 6.07) is 17.7. The lowest BCUT2D eigenvalue weighted by Gasteiger charge is -2.07. The molecule has 5 nitrogen and oxygen atoms in total. The summed E-state index contributed by atoms with van der Waals surface area (Å²) in [6.45, 7) is 2.95. The fourth-order valence-corrected chi connectivity index (χ4v) is 2.42. The van der Waals surface area contributed by atoms with Crippen LogP contribution in [0.5, 0.6) is 5.75 Å². The Balaban J connectivity index is 1.42. The van der Waals surface area contributed by atoms with Crippen LogP contribution in [0.3, 0.4) is 0 Å². The molecule has 0 saturated carbocycles. The van der Waals surface area contributed by atoms with Crippen LogP contribution >= 0.6 is 0 Å². The van der Waals surface area contributed by atoms with Gasteiger partial charge in [0.05, 0.1) is 24.8 Å². The van der Waals surface area contributed by atoms with Gasteiger partial charge in [-0.2, -0.15) is 5.10 Å². The maximum Gasteiger partial charge on any atom is 0.224 e. The van der Waals surface area contributed by atoms with Crippen molar-refractivity contribution in [3.63, 3.8) is 0 Å². The van der Waals surface area contributed by atoms with Gasteiger partial charge in [-0.15, -0.1) is 0 Å². The van der Waals surface area contributed by atoms with Gasteiger partial charge in [-0.3, -0.25) is 4.79 Å². The predicted molar refractivity (Wildman–Crippen MR) is 97.0 cm³/mol. The van der Waals surface area contributed by atoms with E-state index in [1.54, 1.807) is 10.9 Å². The third-order valence-electron chi connectivity index (χ3n) is 3.74. The highest BCUT2D eigenvalue weighted by Crippen LogP contribution is 2.11. The molecular formula is C20H21N3O2. The molecule has 0 aliphatic heterocycles. The molecule has 1 heterocycles. The Hall–Kier alpha value is -3.08. The van der Waals surface area contributed by atoms with Crippen LogP contribution in [0.4, 0.5) is 0 Å². The molecule has 0 bridgehead atoms. The largest absolute Gasteiger partial charge is 0.492 e. The van der Waals surface area contributed by atoms with Crippen LogP contribution in [0.15, 0.2) is 67.0 Å². The van der Waals surface area contributed by atoms with E-state index in [4.69, 9.17) is 4.74 Å². The molecule has 0 aliphatic rings. The standard InChI is InChI=1S/C20H21N3O2/c1-16-7-9-19(10-8-16)25-12-11-21-20(24)13-17-14-22-23(15-17)18-5-3-2-4-6-18/h2-10,14-15H,11-13H2,1H3,(H,21,24). The zero-order valence-corrected chi connectivity index (χ0v) is 14.2. The number of hydrogen-bond donors (Lipinski definition) is 1. The lowest BCUT2D eigenvalue weighted by molar-refractivity contribution is -0.120. The maximum absolute atomic E-state index is 12.0. The molecule has 0 fully saturated rings. The summed E-state index contributed by atoms with van der Waals surface area (Å²) in [4.78, 5) is 12.0. The molecule has 5 heteroatoms. The normalized spacial score (nSPS) is 10.4. The Labute approximate surface area is 147 Å².